The van der Waals surface area contributed by atoms with Crippen molar-refractivity contribution in [1.82, 2.24) is 0 Å². The van der Waals surface area contributed by atoms with Crippen LogP contribution in [0.3, 0.4) is 0 Å². The van der Waals surface area contributed by atoms with Gasteiger partial charge in [0.25, 0.3) is 0 Å². The zero-order chi connectivity index (χ0) is 16.8. The van der Waals surface area contributed by atoms with Gasteiger partial charge in [0, 0.05) is 16.4 Å². The van der Waals surface area contributed by atoms with Gasteiger partial charge in [0.2, 0.25) is 0 Å². The highest BCUT2D eigenvalue weighted by Crippen LogP contribution is 2.58. The molecule has 22 heavy (non-hydrogen) atoms. The van der Waals surface area contributed by atoms with E-state index >= 15 is 0 Å². The second-order valence-corrected chi connectivity index (χ2v) is 7.41. The second-order valence-electron chi connectivity index (χ2n) is 7.41. The Kier molecular flexibility index (Phi) is 3.72. The average molecular weight is 300 g/mol. The van der Waals surface area contributed by atoms with E-state index in [4.69, 9.17) is 0 Å². The summed E-state index contributed by atoms with van der Waals surface area (Å²) in [6.45, 7) is 10.4. The van der Waals surface area contributed by atoms with Gasteiger partial charge in [-0.05, 0) is 11.5 Å². The van der Waals surface area contributed by atoms with E-state index in [1.807, 2.05) is 24.3 Å². The summed E-state index contributed by atoms with van der Waals surface area (Å²) in [4.78, 5) is 11.4. The van der Waals surface area contributed by atoms with Gasteiger partial charge in [-0.1, -0.05) is 71.0 Å². The van der Waals surface area contributed by atoms with Crippen LogP contribution in [-0.4, -0.2) is 16.2 Å². The Labute approximate surface area is 132 Å². The van der Waals surface area contributed by atoms with Gasteiger partial charge in [0.05, 0.1) is 5.57 Å². The maximum absolute atomic E-state index is 11.4. The lowest BCUT2D eigenvalue weighted by Gasteiger charge is -2.53. The molecule has 0 aromatic heterocycles. The lowest BCUT2D eigenvalue weighted by molar-refractivity contribution is -0.132. The standard InChI is InChI=1S/C19H24O3/c1-17(2,3)19(5)12-13(16(21)22)10-11-18(19,4)14-8-6-7-9-15(14)20/h6-12,20H,1-5H3,(H,21,22). The summed E-state index contributed by atoms with van der Waals surface area (Å²) in [5.74, 6) is -0.691. The number of carboxylic acid groups (broad SMARTS) is 1. The molecule has 0 amide bonds. The third-order valence-corrected chi connectivity index (χ3v) is 5.39. The third kappa shape index (κ3) is 2.25. The molecule has 0 spiro atoms. The predicted molar refractivity (Wildman–Crippen MR) is 87.9 cm³/mol. The fourth-order valence-electron chi connectivity index (χ4n) is 3.35. The largest absolute Gasteiger partial charge is 0.508 e. The number of hydrogen-bond donors (Lipinski definition) is 2. The van der Waals surface area contributed by atoms with Gasteiger partial charge in [0.1, 0.15) is 5.75 Å². The molecule has 2 atom stereocenters. The molecule has 3 nitrogen and oxygen atoms in total. The van der Waals surface area contributed by atoms with Gasteiger partial charge < -0.3 is 10.2 Å². The predicted octanol–water partition coefficient (Wildman–Crippen LogP) is 4.28. The third-order valence-electron chi connectivity index (χ3n) is 5.39. The van der Waals surface area contributed by atoms with Crippen molar-refractivity contribution in [3.63, 3.8) is 0 Å². The lowest BCUT2D eigenvalue weighted by Crippen LogP contribution is -2.49. The van der Waals surface area contributed by atoms with E-state index in [2.05, 4.69) is 34.6 Å². The van der Waals surface area contributed by atoms with Crippen LogP contribution in [0.25, 0.3) is 0 Å². The minimum absolute atomic E-state index is 0.199. The molecular weight excluding hydrogens is 276 g/mol. The Bertz CT molecular complexity index is 664. The Morgan fingerprint density at radius 2 is 1.73 bits per heavy atom. The number of aromatic hydroxyl groups is 1. The van der Waals surface area contributed by atoms with Gasteiger partial charge in [-0.15, -0.1) is 0 Å². The summed E-state index contributed by atoms with van der Waals surface area (Å²) < 4.78 is 0. The minimum Gasteiger partial charge on any atom is -0.508 e. The molecule has 118 valence electrons. The molecule has 2 N–H and O–H groups in total. The van der Waals surface area contributed by atoms with Crippen molar-refractivity contribution in [3.05, 3.63) is 53.6 Å². The highest BCUT2D eigenvalue weighted by Gasteiger charge is 2.52. The monoisotopic (exact) mass is 300 g/mol. The maximum Gasteiger partial charge on any atom is 0.335 e. The van der Waals surface area contributed by atoms with Crippen LogP contribution >= 0.6 is 0 Å². The number of benzene rings is 1. The molecule has 0 saturated carbocycles. The summed E-state index contributed by atoms with van der Waals surface area (Å²) in [5.41, 5.74) is -0.0681. The van der Waals surface area contributed by atoms with Crippen molar-refractivity contribution in [1.29, 1.82) is 0 Å². The van der Waals surface area contributed by atoms with E-state index in [1.54, 1.807) is 18.2 Å². The summed E-state index contributed by atoms with van der Waals surface area (Å²) >= 11 is 0. The highest BCUT2D eigenvalue weighted by molar-refractivity contribution is 5.90. The molecule has 2 rings (SSSR count). The number of phenolic OH excluding ortho intramolecular Hbond substituents is 1. The summed E-state index contributed by atoms with van der Waals surface area (Å²) in [7, 11) is 0. The Hall–Kier alpha value is -2.03. The quantitative estimate of drug-likeness (QED) is 0.857. The topological polar surface area (TPSA) is 57.5 Å². The van der Waals surface area contributed by atoms with E-state index in [1.165, 1.54) is 0 Å². The van der Waals surface area contributed by atoms with Crippen LogP contribution in [0.4, 0.5) is 0 Å². The van der Waals surface area contributed by atoms with Crippen molar-refractivity contribution >= 4 is 5.97 Å². The Morgan fingerprint density at radius 3 is 2.23 bits per heavy atom. The van der Waals surface area contributed by atoms with Crippen LogP contribution in [0.5, 0.6) is 5.75 Å². The average Bonchev–Trinajstić information content (AvgIpc) is 2.41. The smallest absolute Gasteiger partial charge is 0.335 e. The summed E-state index contributed by atoms with van der Waals surface area (Å²) in [5, 5.41) is 19.7. The molecule has 0 saturated heterocycles. The van der Waals surface area contributed by atoms with Crippen LogP contribution in [0, 0.1) is 10.8 Å². The van der Waals surface area contributed by atoms with Crippen molar-refractivity contribution in [2.45, 2.75) is 40.0 Å². The fraction of sp³-hybridized carbons (Fsp3) is 0.421. The number of carbonyl (C=O) groups is 1. The van der Waals surface area contributed by atoms with E-state index in [0.717, 1.165) is 5.56 Å². The van der Waals surface area contributed by atoms with Gasteiger partial charge >= 0.3 is 5.97 Å². The molecule has 1 aliphatic carbocycles. The van der Waals surface area contributed by atoms with Crippen LogP contribution in [0.1, 0.15) is 40.2 Å². The zero-order valence-electron chi connectivity index (χ0n) is 13.8. The maximum atomic E-state index is 11.4. The molecule has 0 heterocycles. The number of aliphatic carboxylic acids is 1. The molecule has 3 heteroatoms. The number of allylic oxidation sites excluding steroid dienone is 2. The van der Waals surface area contributed by atoms with Crippen molar-refractivity contribution in [2.75, 3.05) is 0 Å². The van der Waals surface area contributed by atoms with E-state index < -0.39 is 16.8 Å². The van der Waals surface area contributed by atoms with Crippen LogP contribution < -0.4 is 0 Å². The van der Waals surface area contributed by atoms with E-state index in [0.29, 0.717) is 5.57 Å². The van der Waals surface area contributed by atoms with Gasteiger partial charge in [-0.3, -0.25) is 0 Å². The Balaban J connectivity index is 2.73. The first-order valence-electron chi connectivity index (χ1n) is 7.47. The molecular formula is C19H24O3. The number of rotatable bonds is 2. The molecule has 1 aliphatic rings. The number of carboxylic acids is 1. The second kappa shape index (κ2) is 5.01. The molecule has 2 unspecified atom stereocenters. The number of hydrogen-bond acceptors (Lipinski definition) is 2. The van der Waals surface area contributed by atoms with E-state index in [9.17, 15) is 15.0 Å². The first-order chi connectivity index (χ1) is 10.0. The molecule has 0 bridgehead atoms. The fourth-order valence-corrected chi connectivity index (χ4v) is 3.35. The molecule has 0 aliphatic heterocycles. The van der Waals surface area contributed by atoms with E-state index in [-0.39, 0.29) is 11.2 Å². The van der Waals surface area contributed by atoms with Crippen molar-refractivity contribution < 1.29 is 15.0 Å². The van der Waals surface area contributed by atoms with Crippen LogP contribution in [-0.2, 0) is 10.2 Å². The summed E-state index contributed by atoms with van der Waals surface area (Å²) in [6.07, 6.45) is 5.39. The van der Waals surface area contributed by atoms with Crippen molar-refractivity contribution in [2.24, 2.45) is 10.8 Å². The molecule has 0 radical (unpaired) electrons. The highest BCUT2D eigenvalue weighted by atomic mass is 16.4. The van der Waals surface area contributed by atoms with Gasteiger partial charge in [-0.25, -0.2) is 4.79 Å². The Morgan fingerprint density at radius 1 is 1.14 bits per heavy atom. The lowest BCUT2D eigenvalue weighted by atomic mass is 9.50. The first-order valence-corrected chi connectivity index (χ1v) is 7.47. The first kappa shape index (κ1) is 16.3. The van der Waals surface area contributed by atoms with Crippen molar-refractivity contribution in [3.8, 4) is 5.75 Å². The molecule has 1 aromatic carbocycles. The normalized spacial score (nSPS) is 28.3. The molecule has 0 fully saturated rings. The van der Waals surface area contributed by atoms with Gasteiger partial charge in [0.15, 0.2) is 0 Å². The number of para-hydroxylation sites is 1. The zero-order valence-corrected chi connectivity index (χ0v) is 13.8. The minimum atomic E-state index is -0.925. The number of phenols is 1. The van der Waals surface area contributed by atoms with Crippen LogP contribution in [0.2, 0.25) is 0 Å². The van der Waals surface area contributed by atoms with Gasteiger partial charge in [-0.2, -0.15) is 0 Å². The summed E-state index contributed by atoms with van der Waals surface area (Å²) in [6, 6.07) is 7.27. The van der Waals surface area contributed by atoms with Crippen LogP contribution in [0.15, 0.2) is 48.1 Å². The SMILES string of the molecule is CC(C)(C)C1(C)C=C(C(=O)O)C=CC1(C)c1ccccc1O. The molecule has 1 aromatic rings.